The molecular formula is C19H23NO5. The summed E-state index contributed by atoms with van der Waals surface area (Å²) in [6, 6.07) is 8.17. The fourth-order valence-corrected chi connectivity index (χ4v) is 2.94. The van der Waals surface area contributed by atoms with Crippen LogP contribution in [-0.4, -0.2) is 44.9 Å². The summed E-state index contributed by atoms with van der Waals surface area (Å²) >= 11 is 0. The number of aliphatic hydroxyl groups is 1. The van der Waals surface area contributed by atoms with Gasteiger partial charge in [-0.2, -0.15) is 0 Å². The van der Waals surface area contributed by atoms with E-state index in [-0.39, 0.29) is 6.42 Å². The van der Waals surface area contributed by atoms with E-state index in [9.17, 15) is 14.7 Å². The number of piperidine rings is 1. The lowest BCUT2D eigenvalue weighted by atomic mass is 9.81. The number of hydrogen-bond acceptors (Lipinski definition) is 4. The lowest BCUT2D eigenvalue weighted by Crippen LogP contribution is -2.53. The third-order valence-corrected chi connectivity index (χ3v) is 3.85. The van der Waals surface area contributed by atoms with Crippen molar-refractivity contribution in [3.05, 3.63) is 35.9 Å². The Labute approximate surface area is 147 Å². The van der Waals surface area contributed by atoms with E-state index in [0.29, 0.717) is 18.5 Å². The zero-order chi connectivity index (χ0) is 18.7. The molecule has 0 spiro atoms. The number of aliphatic carboxylic acids is 1. The third kappa shape index (κ3) is 4.74. The van der Waals surface area contributed by atoms with Crippen LogP contribution in [0.3, 0.4) is 0 Å². The lowest BCUT2D eigenvalue weighted by molar-refractivity contribution is -0.130. The first-order valence-corrected chi connectivity index (χ1v) is 8.15. The van der Waals surface area contributed by atoms with E-state index in [1.54, 1.807) is 45.0 Å². The molecular weight excluding hydrogens is 322 g/mol. The van der Waals surface area contributed by atoms with Gasteiger partial charge < -0.3 is 14.9 Å². The number of likely N-dealkylation sites (tertiary alicyclic amines) is 1. The van der Waals surface area contributed by atoms with Gasteiger partial charge in [0, 0.05) is 12.5 Å². The highest BCUT2D eigenvalue weighted by Gasteiger charge is 2.46. The van der Waals surface area contributed by atoms with E-state index in [1.165, 1.54) is 4.90 Å². The van der Waals surface area contributed by atoms with Crippen LogP contribution < -0.4 is 0 Å². The Balaban J connectivity index is 2.46. The van der Waals surface area contributed by atoms with Crippen molar-refractivity contribution in [2.45, 2.75) is 50.9 Å². The van der Waals surface area contributed by atoms with Gasteiger partial charge in [-0.1, -0.05) is 36.3 Å². The SMILES string of the molecule is CC(C)(C)OC(=O)N1CCCC(O)(C#CC(=O)O)C1c1ccccc1. The van der Waals surface area contributed by atoms with E-state index in [1.807, 2.05) is 12.0 Å². The molecule has 0 aromatic heterocycles. The van der Waals surface area contributed by atoms with Crippen molar-refractivity contribution in [2.24, 2.45) is 0 Å². The van der Waals surface area contributed by atoms with Gasteiger partial charge in [-0.05, 0) is 39.2 Å². The van der Waals surface area contributed by atoms with Gasteiger partial charge in [0.25, 0.3) is 0 Å². The van der Waals surface area contributed by atoms with Gasteiger partial charge in [0.2, 0.25) is 0 Å². The van der Waals surface area contributed by atoms with Crippen LogP contribution in [0.15, 0.2) is 30.3 Å². The number of carboxylic acid groups (broad SMARTS) is 1. The minimum absolute atomic E-state index is 0.270. The number of rotatable bonds is 1. The Morgan fingerprint density at radius 2 is 1.92 bits per heavy atom. The highest BCUT2D eigenvalue weighted by molar-refractivity contribution is 5.86. The normalized spacial score (nSPS) is 23.4. The van der Waals surface area contributed by atoms with Crippen LogP contribution in [0.1, 0.15) is 45.2 Å². The lowest BCUT2D eigenvalue weighted by Gasteiger charge is -2.44. The van der Waals surface area contributed by atoms with Crippen LogP contribution in [-0.2, 0) is 9.53 Å². The molecule has 1 aromatic carbocycles. The molecule has 2 rings (SSSR count). The Hall–Kier alpha value is -2.52. The Kier molecular flexibility index (Phi) is 5.39. The molecule has 1 fully saturated rings. The van der Waals surface area contributed by atoms with Gasteiger partial charge in [0.05, 0.1) is 0 Å². The average molecular weight is 345 g/mol. The number of nitrogens with zero attached hydrogens (tertiary/aromatic N) is 1. The molecule has 2 N–H and O–H groups in total. The van der Waals surface area contributed by atoms with Crippen molar-refractivity contribution >= 4 is 12.1 Å². The molecule has 1 aromatic rings. The molecule has 0 aliphatic carbocycles. The summed E-state index contributed by atoms with van der Waals surface area (Å²) in [6.45, 7) is 5.69. The van der Waals surface area contributed by atoms with Gasteiger partial charge in [0.1, 0.15) is 11.6 Å². The molecule has 0 saturated carbocycles. The first-order chi connectivity index (χ1) is 11.6. The molecule has 1 amide bonds. The minimum atomic E-state index is -1.66. The monoisotopic (exact) mass is 345 g/mol. The number of carbonyl (C=O) groups is 2. The van der Waals surface area contributed by atoms with Crippen molar-refractivity contribution in [1.29, 1.82) is 0 Å². The second-order valence-corrected chi connectivity index (χ2v) is 7.07. The van der Waals surface area contributed by atoms with Crippen molar-refractivity contribution in [1.82, 2.24) is 4.90 Å². The fourth-order valence-electron chi connectivity index (χ4n) is 2.94. The number of hydrogen-bond donors (Lipinski definition) is 2. The van der Waals surface area contributed by atoms with Crippen molar-refractivity contribution in [3.63, 3.8) is 0 Å². The third-order valence-electron chi connectivity index (χ3n) is 3.85. The molecule has 6 heteroatoms. The molecule has 1 aliphatic rings. The molecule has 0 radical (unpaired) electrons. The minimum Gasteiger partial charge on any atom is -0.472 e. The van der Waals surface area contributed by atoms with Crippen molar-refractivity contribution < 1.29 is 24.5 Å². The maximum absolute atomic E-state index is 12.7. The maximum Gasteiger partial charge on any atom is 0.410 e. The Bertz CT molecular complexity index is 698. The Morgan fingerprint density at radius 1 is 1.28 bits per heavy atom. The molecule has 6 nitrogen and oxygen atoms in total. The highest BCUT2D eigenvalue weighted by Crippen LogP contribution is 2.39. The summed E-state index contributed by atoms with van der Waals surface area (Å²) in [7, 11) is 0. The first-order valence-electron chi connectivity index (χ1n) is 8.15. The van der Waals surface area contributed by atoms with Crippen LogP contribution in [0.5, 0.6) is 0 Å². The summed E-state index contributed by atoms with van der Waals surface area (Å²) in [6.07, 6.45) is 0.205. The number of amides is 1. The van der Waals surface area contributed by atoms with E-state index < -0.39 is 29.3 Å². The maximum atomic E-state index is 12.7. The van der Waals surface area contributed by atoms with Gasteiger partial charge >= 0.3 is 12.1 Å². The zero-order valence-electron chi connectivity index (χ0n) is 14.7. The summed E-state index contributed by atoms with van der Waals surface area (Å²) in [5.74, 6) is 3.13. The van der Waals surface area contributed by atoms with Gasteiger partial charge in [-0.15, -0.1) is 0 Å². The molecule has 0 bridgehead atoms. The van der Waals surface area contributed by atoms with Gasteiger partial charge in [0.15, 0.2) is 5.60 Å². The van der Waals surface area contributed by atoms with E-state index in [0.717, 1.165) is 0 Å². The van der Waals surface area contributed by atoms with Crippen LogP contribution in [0.2, 0.25) is 0 Å². The number of benzene rings is 1. The topological polar surface area (TPSA) is 87.1 Å². The van der Waals surface area contributed by atoms with Crippen LogP contribution in [0.25, 0.3) is 0 Å². The first kappa shape index (κ1) is 18.8. The van der Waals surface area contributed by atoms with E-state index in [4.69, 9.17) is 9.84 Å². The van der Waals surface area contributed by atoms with Crippen LogP contribution >= 0.6 is 0 Å². The summed E-state index contributed by atoms with van der Waals surface area (Å²) in [4.78, 5) is 24.9. The predicted octanol–water partition coefficient (Wildman–Crippen LogP) is 2.58. The quantitative estimate of drug-likeness (QED) is 0.764. The molecule has 2 unspecified atom stereocenters. The summed E-state index contributed by atoms with van der Waals surface area (Å²) in [5, 5.41) is 19.9. The molecule has 134 valence electrons. The largest absolute Gasteiger partial charge is 0.472 e. The molecule has 1 heterocycles. The number of carboxylic acids is 1. The standard InChI is InChI=1S/C19H23NO5/c1-18(2,3)25-17(23)20-13-7-11-19(24,12-10-15(21)22)16(20)14-8-5-4-6-9-14/h4-6,8-9,16,24H,7,11,13H2,1-3H3,(H,21,22). The second-order valence-electron chi connectivity index (χ2n) is 7.07. The van der Waals surface area contributed by atoms with Crippen LogP contribution in [0.4, 0.5) is 4.79 Å². The molecule has 1 aliphatic heterocycles. The molecule has 25 heavy (non-hydrogen) atoms. The van der Waals surface area contributed by atoms with E-state index >= 15 is 0 Å². The highest BCUT2D eigenvalue weighted by atomic mass is 16.6. The number of ether oxygens (including phenoxy) is 1. The number of carbonyl (C=O) groups excluding carboxylic acids is 1. The molecule has 1 saturated heterocycles. The average Bonchev–Trinajstić information content (AvgIpc) is 2.52. The van der Waals surface area contributed by atoms with Gasteiger partial charge in [-0.25, -0.2) is 9.59 Å². The predicted molar refractivity (Wildman–Crippen MR) is 91.7 cm³/mol. The van der Waals surface area contributed by atoms with Crippen LogP contribution in [0, 0.1) is 11.8 Å². The molecule has 2 atom stereocenters. The fraction of sp³-hybridized carbons (Fsp3) is 0.474. The van der Waals surface area contributed by atoms with Crippen molar-refractivity contribution in [3.8, 4) is 11.8 Å². The Morgan fingerprint density at radius 3 is 2.48 bits per heavy atom. The zero-order valence-corrected chi connectivity index (χ0v) is 14.7. The smallest absolute Gasteiger partial charge is 0.410 e. The summed E-state index contributed by atoms with van der Waals surface area (Å²) in [5.41, 5.74) is -1.66. The summed E-state index contributed by atoms with van der Waals surface area (Å²) < 4.78 is 5.46. The second kappa shape index (κ2) is 7.16. The van der Waals surface area contributed by atoms with E-state index in [2.05, 4.69) is 5.92 Å². The van der Waals surface area contributed by atoms with Gasteiger partial charge in [-0.3, -0.25) is 4.90 Å². The van der Waals surface area contributed by atoms with Crippen molar-refractivity contribution in [2.75, 3.05) is 6.54 Å².